The Morgan fingerprint density at radius 3 is 2.91 bits per heavy atom. The van der Waals surface area contributed by atoms with Crippen LogP contribution >= 0.6 is 24.0 Å². The highest BCUT2D eigenvalue weighted by atomic mass is 32.2. The molecule has 1 aromatic heterocycles. The Kier molecular flexibility index (Phi) is 4.48. The van der Waals surface area contributed by atoms with Crippen LogP contribution in [-0.2, 0) is 13.1 Å². The second-order valence-corrected chi connectivity index (χ2v) is 7.48. The van der Waals surface area contributed by atoms with Crippen LogP contribution in [0.5, 0.6) is 0 Å². The first kappa shape index (κ1) is 15.8. The number of allylic oxidation sites excluding steroid dienone is 1. The number of aromatic amines is 1. The Morgan fingerprint density at radius 1 is 1.45 bits per heavy atom. The third-order valence-corrected chi connectivity index (χ3v) is 5.53. The Labute approximate surface area is 141 Å². The molecule has 1 aliphatic heterocycles. The van der Waals surface area contributed by atoms with Gasteiger partial charge >= 0.3 is 0 Å². The first-order chi connectivity index (χ1) is 10.5. The van der Waals surface area contributed by atoms with Crippen molar-refractivity contribution in [2.24, 2.45) is 0 Å². The van der Waals surface area contributed by atoms with E-state index in [1.54, 1.807) is 0 Å². The van der Waals surface area contributed by atoms with Crippen LogP contribution in [0.1, 0.15) is 26.3 Å². The van der Waals surface area contributed by atoms with Crippen molar-refractivity contribution in [3.63, 3.8) is 0 Å². The molecular formula is C17H23N3S2. The molecule has 0 radical (unpaired) electrons. The quantitative estimate of drug-likeness (QED) is 0.505. The minimum Gasteiger partial charge on any atom is -0.331 e. The molecule has 3 nitrogen and oxygen atoms in total. The Hall–Kier alpha value is -1.04. The molecule has 5 heteroatoms. The van der Waals surface area contributed by atoms with Crippen molar-refractivity contribution in [1.29, 1.82) is 0 Å². The van der Waals surface area contributed by atoms with Crippen LogP contribution < -0.4 is 0 Å². The first-order valence-electron chi connectivity index (χ1n) is 7.67. The lowest BCUT2D eigenvalue weighted by atomic mass is 10.1. The summed E-state index contributed by atoms with van der Waals surface area (Å²) in [6.45, 7) is 9.54. The van der Waals surface area contributed by atoms with Crippen LogP contribution in [-0.4, -0.2) is 33.3 Å². The van der Waals surface area contributed by atoms with Gasteiger partial charge in [0, 0.05) is 36.1 Å². The summed E-state index contributed by atoms with van der Waals surface area (Å²) in [5.74, 6) is 0. The maximum absolute atomic E-state index is 5.55. The Bertz CT molecular complexity index is 781. The van der Waals surface area contributed by atoms with E-state index in [2.05, 4.69) is 59.7 Å². The lowest BCUT2D eigenvalue weighted by Gasteiger charge is -2.26. The van der Waals surface area contributed by atoms with Crippen molar-refractivity contribution >= 4 is 35.0 Å². The van der Waals surface area contributed by atoms with Gasteiger partial charge in [0.05, 0.1) is 11.0 Å². The maximum Gasteiger partial charge on any atom is 0.178 e. The van der Waals surface area contributed by atoms with Crippen molar-refractivity contribution in [3.8, 4) is 0 Å². The number of aromatic nitrogens is 2. The fourth-order valence-corrected chi connectivity index (χ4v) is 4.00. The second kappa shape index (κ2) is 6.22. The third-order valence-electron chi connectivity index (χ3n) is 4.38. The molecule has 1 N–H and O–H groups in total. The highest BCUT2D eigenvalue weighted by Crippen LogP contribution is 2.32. The number of nitrogens with zero attached hydrogens (tertiary/aromatic N) is 2. The summed E-state index contributed by atoms with van der Waals surface area (Å²) >= 11 is 7.37. The fraction of sp³-hybridized carbons (Fsp3) is 0.471. The summed E-state index contributed by atoms with van der Waals surface area (Å²) < 4.78 is 3.12. The molecular weight excluding hydrogens is 310 g/mol. The van der Waals surface area contributed by atoms with Crippen LogP contribution in [0.3, 0.4) is 0 Å². The van der Waals surface area contributed by atoms with Crippen molar-refractivity contribution < 1.29 is 0 Å². The lowest BCUT2D eigenvalue weighted by Crippen LogP contribution is -2.34. The maximum atomic E-state index is 5.55. The molecule has 2 heterocycles. The molecule has 0 unspecified atom stereocenters. The van der Waals surface area contributed by atoms with E-state index in [0.29, 0.717) is 6.04 Å². The van der Waals surface area contributed by atoms with Crippen LogP contribution in [0.4, 0.5) is 0 Å². The van der Waals surface area contributed by atoms with Gasteiger partial charge in [-0.1, -0.05) is 11.6 Å². The first-order valence-corrected chi connectivity index (χ1v) is 9.30. The van der Waals surface area contributed by atoms with Gasteiger partial charge in [0.25, 0.3) is 0 Å². The Balaban J connectivity index is 2.13. The van der Waals surface area contributed by atoms with Gasteiger partial charge in [-0.15, -0.1) is 11.8 Å². The van der Waals surface area contributed by atoms with Gasteiger partial charge in [0.15, 0.2) is 4.77 Å². The van der Waals surface area contributed by atoms with Gasteiger partial charge in [-0.2, -0.15) is 0 Å². The number of benzene rings is 1. The van der Waals surface area contributed by atoms with E-state index in [9.17, 15) is 0 Å². The molecule has 2 aromatic rings. The average Bonchev–Trinajstić information content (AvgIpc) is 2.70. The zero-order chi connectivity index (χ0) is 15.9. The van der Waals surface area contributed by atoms with E-state index in [-0.39, 0.29) is 0 Å². The zero-order valence-corrected chi connectivity index (χ0v) is 15.3. The molecule has 0 amide bonds. The smallest absolute Gasteiger partial charge is 0.178 e. The number of imidazole rings is 1. The molecule has 0 saturated heterocycles. The molecule has 1 aliphatic rings. The van der Waals surface area contributed by atoms with Crippen molar-refractivity contribution in [3.05, 3.63) is 34.1 Å². The minimum atomic E-state index is 0.461. The molecule has 1 aromatic carbocycles. The largest absolute Gasteiger partial charge is 0.331 e. The highest BCUT2D eigenvalue weighted by molar-refractivity contribution is 7.98. The topological polar surface area (TPSA) is 24.0 Å². The summed E-state index contributed by atoms with van der Waals surface area (Å²) in [6.07, 6.45) is 4.47. The lowest BCUT2D eigenvalue weighted by molar-refractivity contribution is 0.209. The monoisotopic (exact) mass is 333 g/mol. The van der Waals surface area contributed by atoms with E-state index in [1.807, 2.05) is 11.8 Å². The van der Waals surface area contributed by atoms with Crippen LogP contribution in [0.2, 0.25) is 0 Å². The third kappa shape index (κ3) is 2.77. The summed E-state index contributed by atoms with van der Waals surface area (Å²) in [5, 5.41) is 0. The molecule has 118 valence electrons. The molecule has 0 saturated carbocycles. The van der Waals surface area contributed by atoms with E-state index < -0.39 is 0 Å². The van der Waals surface area contributed by atoms with Crippen LogP contribution in [0, 0.1) is 4.77 Å². The van der Waals surface area contributed by atoms with E-state index in [1.165, 1.54) is 21.5 Å². The van der Waals surface area contributed by atoms with E-state index in [4.69, 9.17) is 12.2 Å². The Morgan fingerprint density at radius 2 is 2.23 bits per heavy atom. The molecule has 1 atom stereocenters. The van der Waals surface area contributed by atoms with Crippen molar-refractivity contribution in [1.82, 2.24) is 14.5 Å². The second-order valence-electron chi connectivity index (χ2n) is 6.24. The SMILES string of the molecule is CSc1ccc2[nH]c(=S)n3c2c1CN(CC=C(C)C)[C@@H](C)C3. The number of rotatable bonds is 3. The summed E-state index contributed by atoms with van der Waals surface area (Å²) in [6, 6.07) is 4.84. The van der Waals surface area contributed by atoms with Gasteiger partial charge in [-0.3, -0.25) is 4.90 Å². The number of hydrogen-bond acceptors (Lipinski definition) is 3. The minimum absolute atomic E-state index is 0.461. The van der Waals surface area contributed by atoms with Crippen molar-refractivity contribution in [2.45, 2.75) is 44.8 Å². The van der Waals surface area contributed by atoms with Gasteiger partial charge in [0.2, 0.25) is 0 Å². The summed E-state index contributed by atoms with van der Waals surface area (Å²) in [4.78, 5) is 7.26. The van der Waals surface area contributed by atoms with Gasteiger partial charge in [-0.05, 0) is 51.4 Å². The van der Waals surface area contributed by atoms with Gasteiger partial charge in [-0.25, -0.2) is 0 Å². The predicted molar refractivity (Wildman–Crippen MR) is 98.2 cm³/mol. The van der Waals surface area contributed by atoms with Gasteiger partial charge < -0.3 is 9.55 Å². The van der Waals surface area contributed by atoms with E-state index >= 15 is 0 Å². The standard InChI is InChI=1S/C17H23N3S2/c1-11(2)7-8-19-10-13-15(22-4)6-5-14-16(13)20(9-12(19)3)17(21)18-14/h5-7,12H,8-10H2,1-4H3,(H,18,21)/t12-/m0/s1. The highest BCUT2D eigenvalue weighted by Gasteiger charge is 2.24. The zero-order valence-electron chi connectivity index (χ0n) is 13.6. The predicted octanol–water partition coefficient (Wildman–Crippen LogP) is 4.59. The van der Waals surface area contributed by atoms with Crippen LogP contribution in [0.15, 0.2) is 28.7 Å². The molecule has 0 spiro atoms. The molecule has 0 bridgehead atoms. The fourth-order valence-electron chi connectivity index (χ4n) is 3.11. The van der Waals surface area contributed by atoms with Gasteiger partial charge in [0.1, 0.15) is 0 Å². The number of nitrogens with one attached hydrogen (secondary N) is 1. The summed E-state index contributed by atoms with van der Waals surface area (Å²) in [5.41, 5.74) is 5.23. The average molecular weight is 334 g/mol. The van der Waals surface area contributed by atoms with Crippen LogP contribution in [0.25, 0.3) is 11.0 Å². The molecule has 22 heavy (non-hydrogen) atoms. The molecule has 0 fully saturated rings. The number of H-pyrrole nitrogens is 1. The number of thioether (sulfide) groups is 1. The van der Waals surface area contributed by atoms with E-state index in [0.717, 1.165) is 29.9 Å². The number of hydrogen-bond donors (Lipinski definition) is 1. The summed E-state index contributed by atoms with van der Waals surface area (Å²) in [7, 11) is 0. The van der Waals surface area contributed by atoms with Crippen molar-refractivity contribution in [2.75, 3.05) is 12.8 Å². The molecule has 0 aliphatic carbocycles. The normalized spacial score (nSPS) is 18.5. The molecule has 3 rings (SSSR count).